The lowest BCUT2D eigenvalue weighted by Gasteiger charge is -2.24. The van der Waals surface area contributed by atoms with Crippen molar-refractivity contribution in [1.82, 2.24) is 10.6 Å². The first-order chi connectivity index (χ1) is 9.30. The lowest BCUT2D eigenvalue weighted by molar-refractivity contribution is 0.0962. The van der Waals surface area contributed by atoms with Gasteiger partial charge in [-0.05, 0) is 38.5 Å². The number of carbonyl (C=O) groups is 2. The fourth-order valence-corrected chi connectivity index (χ4v) is 1.65. The smallest absolute Gasteiger partial charge is 0.319 e. The number of hydrogen-bond acceptors (Lipinski definition) is 3. The van der Waals surface area contributed by atoms with Crippen LogP contribution >= 0.6 is 0 Å². The molecule has 0 atom stereocenters. The van der Waals surface area contributed by atoms with Gasteiger partial charge in [0.2, 0.25) is 0 Å². The molecule has 0 spiro atoms. The molecule has 0 aromatic heterocycles. The van der Waals surface area contributed by atoms with Crippen molar-refractivity contribution in [3.63, 3.8) is 0 Å². The van der Waals surface area contributed by atoms with Crippen LogP contribution in [0.2, 0.25) is 0 Å². The predicted octanol–water partition coefficient (Wildman–Crippen LogP) is 1.25. The lowest BCUT2D eigenvalue weighted by Crippen LogP contribution is -2.48. The van der Waals surface area contributed by atoms with Gasteiger partial charge in [0, 0.05) is 18.3 Å². The van der Waals surface area contributed by atoms with E-state index in [1.165, 1.54) is 0 Å². The van der Waals surface area contributed by atoms with E-state index in [2.05, 4.69) is 16.0 Å². The molecule has 3 amide bonds. The molecule has 0 saturated carbocycles. The molecule has 0 bridgehead atoms. The van der Waals surface area contributed by atoms with Crippen molar-refractivity contribution in [3.05, 3.63) is 29.3 Å². The fourth-order valence-electron chi connectivity index (χ4n) is 1.65. The molecule has 0 aliphatic rings. The van der Waals surface area contributed by atoms with Crippen LogP contribution in [0.3, 0.4) is 0 Å². The summed E-state index contributed by atoms with van der Waals surface area (Å²) in [5, 5.41) is 17.0. The van der Waals surface area contributed by atoms with Crippen LogP contribution in [0.25, 0.3) is 0 Å². The van der Waals surface area contributed by atoms with Crippen LogP contribution in [0.1, 0.15) is 29.8 Å². The molecule has 1 aromatic carbocycles. The number of anilines is 1. The normalized spacial score (nSPS) is 10.8. The van der Waals surface area contributed by atoms with E-state index in [1.807, 2.05) is 0 Å². The van der Waals surface area contributed by atoms with E-state index in [-0.39, 0.29) is 12.5 Å². The molecule has 0 saturated heterocycles. The minimum Gasteiger partial charge on any atom is -0.394 e. The van der Waals surface area contributed by atoms with E-state index in [0.717, 1.165) is 0 Å². The molecule has 0 radical (unpaired) electrons. The Morgan fingerprint density at radius 2 is 1.95 bits per heavy atom. The second kappa shape index (κ2) is 6.38. The van der Waals surface area contributed by atoms with Gasteiger partial charge >= 0.3 is 6.03 Å². The summed E-state index contributed by atoms with van der Waals surface area (Å²) in [7, 11) is 1.55. The van der Waals surface area contributed by atoms with Gasteiger partial charge in [-0.25, -0.2) is 4.79 Å². The maximum Gasteiger partial charge on any atom is 0.319 e. The quantitative estimate of drug-likeness (QED) is 0.668. The van der Waals surface area contributed by atoms with Crippen molar-refractivity contribution in [3.8, 4) is 0 Å². The number of urea groups is 1. The molecule has 0 aliphatic heterocycles. The van der Waals surface area contributed by atoms with Crippen LogP contribution in [0.4, 0.5) is 10.5 Å². The van der Waals surface area contributed by atoms with Crippen molar-refractivity contribution < 1.29 is 14.7 Å². The Balaban J connectivity index is 2.89. The van der Waals surface area contributed by atoms with Crippen LogP contribution in [-0.4, -0.2) is 36.2 Å². The van der Waals surface area contributed by atoms with Crippen LogP contribution in [0, 0.1) is 6.92 Å². The molecule has 0 fully saturated rings. The van der Waals surface area contributed by atoms with Gasteiger partial charge in [-0.1, -0.05) is 6.07 Å². The monoisotopic (exact) mass is 279 g/mol. The maximum atomic E-state index is 11.9. The van der Waals surface area contributed by atoms with Gasteiger partial charge in [0.25, 0.3) is 5.91 Å². The number of hydrogen-bond donors (Lipinski definition) is 4. The van der Waals surface area contributed by atoms with Gasteiger partial charge in [0.05, 0.1) is 12.1 Å². The zero-order valence-corrected chi connectivity index (χ0v) is 12.2. The van der Waals surface area contributed by atoms with E-state index in [9.17, 15) is 9.59 Å². The lowest BCUT2D eigenvalue weighted by atomic mass is 10.1. The second-order valence-corrected chi connectivity index (χ2v) is 5.18. The van der Waals surface area contributed by atoms with Gasteiger partial charge in [0.1, 0.15) is 0 Å². The highest BCUT2D eigenvalue weighted by Gasteiger charge is 2.19. The van der Waals surface area contributed by atoms with Crippen LogP contribution in [-0.2, 0) is 0 Å². The number of nitrogens with one attached hydrogen (secondary N) is 3. The molecule has 1 rings (SSSR count). The third-order valence-corrected chi connectivity index (χ3v) is 2.90. The average molecular weight is 279 g/mol. The van der Waals surface area contributed by atoms with E-state index in [1.54, 1.807) is 46.0 Å². The van der Waals surface area contributed by atoms with Crippen LogP contribution in [0.5, 0.6) is 0 Å². The summed E-state index contributed by atoms with van der Waals surface area (Å²) in [5.74, 6) is -0.206. The Kier molecular flexibility index (Phi) is 5.10. The Morgan fingerprint density at radius 1 is 1.30 bits per heavy atom. The molecule has 6 heteroatoms. The van der Waals surface area contributed by atoms with Crippen molar-refractivity contribution >= 4 is 17.6 Å². The van der Waals surface area contributed by atoms with Crippen molar-refractivity contribution in [2.24, 2.45) is 0 Å². The molecule has 0 aliphatic carbocycles. The first kappa shape index (κ1) is 16.0. The number of amides is 3. The molecule has 6 nitrogen and oxygen atoms in total. The summed E-state index contributed by atoms with van der Waals surface area (Å²) in [6.45, 7) is 5.01. The molecule has 20 heavy (non-hydrogen) atoms. The summed E-state index contributed by atoms with van der Waals surface area (Å²) in [4.78, 5) is 23.5. The highest BCUT2D eigenvalue weighted by Crippen LogP contribution is 2.19. The number of aliphatic hydroxyl groups is 1. The van der Waals surface area contributed by atoms with Crippen LogP contribution in [0.15, 0.2) is 18.2 Å². The van der Waals surface area contributed by atoms with E-state index in [0.29, 0.717) is 16.8 Å². The predicted molar refractivity (Wildman–Crippen MR) is 77.9 cm³/mol. The zero-order chi connectivity index (χ0) is 15.3. The van der Waals surface area contributed by atoms with Gasteiger partial charge in [-0.2, -0.15) is 0 Å². The summed E-state index contributed by atoms with van der Waals surface area (Å²) in [6.07, 6.45) is 0. The highest BCUT2D eigenvalue weighted by molar-refractivity contribution is 5.99. The zero-order valence-electron chi connectivity index (χ0n) is 12.2. The molecule has 0 heterocycles. The number of carbonyl (C=O) groups excluding carboxylic acids is 2. The third kappa shape index (κ3) is 3.96. The summed E-state index contributed by atoms with van der Waals surface area (Å²) >= 11 is 0. The fraction of sp³-hybridized carbons (Fsp3) is 0.429. The Bertz CT molecular complexity index is 512. The maximum absolute atomic E-state index is 11.9. The van der Waals surface area contributed by atoms with Gasteiger partial charge in [-0.3, -0.25) is 4.79 Å². The minimum absolute atomic E-state index is 0.169. The van der Waals surface area contributed by atoms with Gasteiger partial charge in [0.15, 0.2) is 0 Å². The van der Waals surface area contributed by atoms with E-state index < -0.39 is 11.6 Å². The third-order valence-electron chi connectivity index (χ3n) is 2.90. The van der Waals surface area contributed by atoms with Crippen molar-refractivity contribution in [2.45, 2.75) is 26.3 Å². The summed E-state index contributed by atoms with van der Waals surface area (Å²) < 4.78 is 0. The Morgan fingerprint density at radius 3 is 2.50 bits per heavy atom. The Labute approximate surface area is 118 Å². The number of benzene rings is 1. The molecule has 4 N–H and O–H groups in total. The Hall–Kier alpha value is -2.08. The average Bonchev–Trinajstić information content (AvgIpc) is 2.39. The van der Waals surface area contributed by atoms with Crippen molar-refractivity contribution in [2.75, 3.05) is 19.0 Å². The van der Waals surface area contributed by atoms with E-state index >= 15 is 0 Å². The largest absolute Gasteiger partial charge is 0.394 e. The van der Waals surface area contributed by atoms with E-state index in [4.69, 9.17) is 5.11 Å². The minimum atomic E-state index is -0.712. The molecule has 1 aromatic rings. The number of aliphatic hydroxyl groups excluding tert-OH is 1. The number of rotatable bonds is 4. The van der Waals surface area contributed by atoms with Gasteiger partial charge < -0.3 is 21.1 Å². The second-order valence-electron chi connectivity index (χ2n) is 5.18. The van der Waals surface area contributed by atoms with Crippen molar-refractivity contribution in [1.29, 1.82) is 0 Å². The first-order valence-electron chi connectivity index (χ1n) is 6.32. The molecular formula is C14H21N3O3. The topological polar surface area (TPSA) is 90.5 Å². The summed E-state index contributed by atoms with van der Waals surface area (Å²) in [6, 6.07) is 4.67. The molecular weight excluding hydrogens is 258 g/mol. The standard InChI is InChI=1S/C14H21N3O3/c1-9-10(12(19)15-4)6-5-7-11(9)16-13(20)17-14(2,3)8-18/h5-7,18H,8H2,1-4H3,(H,15,19)(H2,16,17,20). The molecule has 110 valence electrons. The van der Waals surface area contributed by atoms with Gasteiger partial charge in [-0.15, -0.1) is 0 Å². The van der Waals surface area contributed by atoms with Crippen LogP contribution < -0.4 is 16.0 Å². The first-order valence-corrected chi connectivity index (χ1v) is 6.32. The molecule has 0 unspecified atom stereocenters. The highest BCUT2D eigenvalue weighted by atomic mass is 16.3. The SMILES string of the molecule is CNC(=O)c1cccc(NC(=O)NC(C)(C)CO)c1C. The summed E-state index contributed by atoms with van der Waals surface area (Å²) in [5.41, 5.74) is 1.03.